The zero-order valence-corrected chi connectivity index (χ0v) is 12.3. The van der Waals surface area contributed by atoms with E-state index in [2.05, 4.69) is 5.32 Å². The minimum atomic E-state index is -1.05. The SMILES string of the molecule is CCC(NC(=O)CSCC(=O)N1CCOCC1)C(=O)O. The number of carboxylic acids is 1. The Balaban J connectivity index is 2.20. The Morgan fingerprint density at radius 1 is 1.30 bits per heavy atom. The minimum absolute atomic E-state index is 0.0172. The molecular weight excluding hydrogens is 284 g/mol. The van der Waals surface area contributed by atoms with Crippen LogP contribution in [-0.4, -0.2) is 71.6 Å². The molecule has 20 heavy (non-hydrogen) atoms. The average Bonchev–Trinajstić information content (AvgIpc) is 2.45. The van der Waals surface area contributed by atoms with Crippen molar-refractivity contribution in [3.8, 4) is 0 Å². The Kier molecular flexibility index (Phi) is 7.38. The minimum Gasteiger partial charge on any atom is -0.480 e. The maximum Gasteiger partial charge on any atom is 0.326 e. The van der Waals surface area contributed by atoms with Gasteiger partial charge in [0.25, 0.3) is 0 Å². The van der Waals surface area contributed by atoms with Gasteiger partial charge in [0.1, 0.15) is 6.04 Å². The number of thioether (sulfide) groups is 1. The van der Waals surface area contributed by atoms with Crippen LogP contribution < -0.4 is 5.32 Å². The molecule has 0 aromatic heterocycles. The molecular formula is C12H20N2O5S. The molecule has 0 aromatic rings. The molecule has 0 bridgehead atoms. The number of hydrogen-bond acceptors (Lipinski definition) is 5. The predicted molar refractivity (Wildman–Crippen MR) is 74.6 cm³/mol. The van der Waals surface area contributed by atoms with Crippen molar-refractivity contribution in [2.24, 2.45) is 0 Å². The lowest BCUT2D eigenvalue weighted by Gasteiger charge is -2.26. The Bertz CT molecular complexity index is 358. The number of hydrogen-bond donors (Lipinski definition) is 2. The van der Waals surface area contributed by atoms with E-state index in [1.165, 1.54) is 11.8 Å². The van der Waals surface area contributed by atoms with Crippen molar-refractivity contribution in [3.05, 3.63) is 0 Å². The fraction of sp³-hybridized carbons (Fsp3) is 0.750. The largest absolute Gasteiger partial charge is 0.480 e. The highest BCUT2D eigenvalue weighted by atomic mass is 32.2. The summed E-state index contributed by atoms with van der Waals surface area (Å²) in [5, 5.41) is 11.2. The molecule has 114 valence electrons. The summed E-state index contributed by atoms with van der Waals surface area (Å²) in [4.78, 5) is 35.8. The summed E-state index contributed by atoms with van der Waals surface area (Å²) in [6, 6.07) is -0.863. The van der Waals surface area contributed by atoms with Crippen molar-refractivity contribution < 1.29 is 24.2 Å². The average molecular weight is 304 g/mol. The molecule has 0 aliphatic carbocycles. The quantitative estimate of drug-likeness (QED) is 0.662. The van der Waals surface area contributed by atoms with Gasteiger partial charge >= 0.3 is 5.97 Å². The third-order valence-electron chi connectivity index (χ3n) is 2.86. The summed E-state index contributed by atoms with van der Waals surface area (Å²) < 4.78 is 5.15. The first-order chi connectivity index (χ1) is 9.54. The summed E-state index contributed by atoms with van der Waals surface area (Å²) in [6.45, 7) is 3.96. The fourth-order valence-corrected chi connectivity index (χ4v) is 2.44. The van der Waals surface area contributed by atoms with Crippen LogP contribution in [0.2, 0.25) is 0 Å². The summed E-state index contributed by atoms with van der Waals surface area (Å²) >= 11 is 1.19. The van der Waals surface area contributed by atoms with E-state index < -0.39 is 12.0 Å². The van der Waals surface area contributed by atoms with Gasteiger partial charge in [-0.15, -0.1) is 11.8 Å². The van der Waals surface area contributed by atoms with Gasteiger partial charge < -0.3 is 20.1 Å². The number of ether oxygens (including phenoxy) is 1. The molecule has 1 aliphatic heterocycles. The zero-order chi connectivity index (χ0) is 15.0. The van der Waals surface area contributed by atoms with Crippen LogP contribution >= 0.6 is 11.8 Å². The lowest BCUT2D eigenvalue weighted by Crippen LogP contribution is -2.42. The molecule has 0 aromatic carbocycles. The molecule has 1 fully saturated rings. The van der Waals surface area contributed by atoms with Crippen LogP contribution in [0.5, 0.6) is 0 Å². The van der Waals surface area contributed by atoms with Crippen LogP contribution in [0.1, 0.15) is 13.3 Å². The van der Waals surface area contributed by atoms with Crippen molar-refractivity contribution in [2.75, 3.05) is 37.8 Å². The first kappa shape index (κ1) is 16.8. The number of nitrogens with one attached hydrogen (secondary N) is 1. The Labute approximate surface area is 122 Å². The number of morpholine rings is 1. The van der Waals surface area contributed by atoms with E-state index in [0.717, 1.165) is 0 Å². The highest BCUT2D eigenvalue weighted by Crippen LogP contribution is 2.05. The van der Waals surface area contributed by atoms with E-state index >= 15 is 0 Å². The number of aliphatic carboxylic acids is 1. The van der Waals surface area contributed by atoms with Gasteiger partial charge in [0.15, 0.2) is 0 Å². The highest BCUT2D eigenvalue weighted by Gasteiger charge is 2.19. The van der Waals surface area contributed by atoms with Crippen LogP contribution in [0.4, 0.5) is 0 Å². The third-order valence-corrected chi connectivity index (χ3v) is 3.78. The van der Waals surface area contributed by atoms with Crippen LogP contribution in [0.15, 0.2) is 0 Å². The summed E-state index contributed by atoms with van der Waals surface area (Å²) in [7, 11) is 0. The van der Waals surface area contributed by atoms with Crippen LogP contribution in [0.3, 0.4) is 0 Å². The van der Waals surface area contributed by atoms with Gasteiger partial charge in [0, 0.05) is 13.1 Å². The fourth-order valence-electron chi connectivity index (χ4n) is 1.71. The first-order valence-electron chi connectivity index (χ1n) is 6.50. The van der Waals surface area contributed by atoms with Gasteiger partial charge in [-0.25, -0.2) is 4.79 Å². The number of nitrogens with zero attached hydrogens (tertiary/aromatic N) is 1. The first-order valence-corrected chi connectivity index (χ1v) is 7.65. The standard InChI is InChI=1S/C12H20N2O5S/c1-2-9(12(17)18)13-10(15)7-20-8-11(16)14-3-5-19-6-4-14/h9H,2-8H2,1H3,(H,13,15)(H,17,18). The summed E-state index contributed by atoms with van der Waals surface area (Å²) in [5.41, 5.74) is 0. The number of carboxylic acid groups (broad SMARTS) is 1. The van der Waals surface area contributed by atoms with Crippen LogP contribution in [-0.2, 0) is 19.1 Å². The Hall–Kier alpha value is -1.28. The van der Waals surface area contributed by atoms with Crippen LogP contribution in [0, 0.1) is 0 Å². The Morgan fingerprint density at radius 3 is 2.50 bits per heavy atom. The van der Waals surface area contributed by atoms with Gasteiger partial charge in [-0.2, -0.15) is 0 Å². The molecule has 2 amide bonds. The molecule has 1 rings (SSSR count). The normalized spacial score (nSPS) is 16.6. The molecule has 1 unspecified atom stereocenters. The molecule has 0 radical (unpaired) electrons. The zero-order valence-electron chi connectivity index (χ0n) is 11.5. The maximum atomic E-state index is 11.8. The molecule has 0 saturated carbocycles. The van der Waals surface area contributed by atoms with Crippen molar-refractivity contribution in [3.63, 3.8) is 0 Å². The monoisotopic (exact) mass is 304 g/mol. The molecule has 7 nitrogen and oxygen atoms in total. The predicted octanol–water partition coefficient (Wildman–Crippen LogP) is -0.442. The lowest BCUT2D eigenvalue weighted by molar-refractivity contribution is -0.141. The third kappa shape index (κ3) is 5.79. The van der Waals surface area contributed by atoms with Crippen molar-refractivity contribution >= 4 is 29.5 Å². The van der Waals surface area contributed by atoms with Gasteiger partial charge in [-0.1, -0.05) is 6.92 Å². The van der Waals surface area contributed by atoms with Crippen LogP contribution in [0.25, 0.3) is 0 Å². The second kappa shape index (κ2) is 8.80. The summed E-state index contributed by atoms with van der Waals surface area (Å²) in [6.07, 6.45) is 0.332. The smallest absolute Gasteiger partial charge is 0.326 e. The lowest BCUT2D eigenvalue weighted by atomic mass is 10.2. The van der Waals surface area contributed by atoms with Gasteiger partial charge in [0.05, 0.1) is 24.7 Å². The van der Waals surface area contributed by atoms with Crippen molar-refractivity contribution in [1.82, 2.24) is 10.2 Å². The molecule has 0 spiro atoms. The number of rotatable bonds is 7. The van der Waals surface area contributed by atoms with Gasteiger partial charge in [-0.05, 0) is 6.42 Å². The summed E-state index contributed by atoms with van der Waals surface area (Å²) in [5.74, 6) is -1.12. The molecule has 1 aliphatic rings. The number of amides is 2. The van der Waals surface area contributed by atoms with E-state index in [0.29, 0.717) is 32.7 Å². The Morgan fingerprint density at radius 2 is 1.95 bits per heavy atom. The second-order valence-corrected chi connectivity index (χ2v) is 5.34. The maximum absolute atomic E-state index is 11.8. The molecule has 1 saturated heterocycles. The number of carbonyl (C=O) groups is 3. The molecule has 2 N–H and O–H groups in total. The van der Waals surface area contributed by atoms with E-state index in [9.17, 15) is 14.4 Å². The van der Waals surface area contributed by atoms with E-state index in [4.69, 9.17) is 9.84 Å². The van der Waals surface area contributed by atoms with E-state index in [1.54, 1.807) is 11.8 Å². The van der Waals surface area contributed by atoms with E-state index in [1.807, 2.05) is 0 Å². The van der Waals surface area contributed by atoms with E-state index in [-0.39, 0.29) is 23.3 Å². The topological polar surface area (TPSA) is 95.9 Å². The van der Waals surface area contributed by atoms with Gasteiger partial charge in [-0.3, -0.25) is 9.59 Å². The van der Waals surface area contributed by atoms with Crippen molar-refractivity contribution in [1.29, 1.82) is 0 Å². The highest BCUT2D eigenvalue weighted by molar-refractivity contribution is 8.00. The number of carbonyl (C=O) groups excluding carboxylic acids is 2. The van der Waals surface area contributed by atoms with Crippen molar-refractivity contribution in [2.45, 2.75) is 19.4 Å². The molecule has 1 atom stereocenters. The molecule has 8 heteroatoms. The molecule has 1 heterocycles. The van der Waals surface area contributed by atoms with Gasteiger partial charge in [0.2, 0.25) is 11.8 Å². The second-order valence-electron chi connectivity index (χ2n) is 4.35.